The molecule has 1 heterocycles. The van der Waals surface area contributed by atoms with Crippen LogP contribution >= 0.6 is 11.8 Å². The van der Waals surface area contributed by atoms with E-state index in [1.165, 1.54) is 38.0 Å². The molecule has 1 spiro atoms. The molecule has 0 bridgehead atoms. The van der Waals surface area contributed by atoms with Gasteiger partial charge in [-0.3, -0.25) is 0 Å². The van der Waals surface area contributed by atoms with Gasteiger partial charge in [-0.2, -0.15) is 0 Å². The number of rotatable bonds is 0. The zero-order chi connectivity index (χ0) is 8.66. The zero-order valence-electron chi connectivity index (χ0n) is 8.15. The number of hydrogen-bond acceptors (Lipinski definition) is 2. The van der Waals surface area contributed by atoms with Crippen LogP contribution in [0.1, 0.15) is 39.5 Å². The summed E-state index contributed by atoms with van der Waals surface area (Å²) in [6, 6.07) is 0. The molecule has 0 amide bonds. The Labute approximate surface area is 79.7 Å². The molecule has 12 heavy (non-hydrogen) atoms. The van der Waals surface area contributed by atoms with Gasteiger partial charge in [0.15, 0.2) is 0 Å². The van der Waals surface area contributed by atoms with Crippen LogP contribution in [0.3, 0.4) is 0 Å². The molecule has 1 nitrogen and oxygen atoms in total. The summed E-state index contributed by atoms with van der Waals surface area (Å²) in [7, 11) is 0. The van der Waals surface area contributed by atoms with Gasteiger partial charge in [0.05, 0.1) is 4.87 Å². The van der Waals surface area contributed by atoms with Gasteiger partial charge < -0.3 is 5.32 Å². The molecule has 1 atom stereocenters. The van der Waals surface area contributed by atoms with Crippen LogP contribution in [0.4, 0.5) is 0 Å². The lowest BCUT2D eigenvalue weighted by atomic mass is 9.75. The fourth-order valence-electron chi connectivity index (χ4n) is 2.65. The van der Waals surface area contributed by atoms with Gasteiger partial charge in [-0.15, -0.1) is 11.8 Å². The Kier molecular flexibility index (Phi) is 2.16. The van der Waals surface area contributed by atoms with Crippen molar-refractivity contribution in [1.29, 1.82) is 0 Å². The highest BCUT2D eigenvalue weighted by atomic mass is 32.2. The predicted molar refractivity (Wildman–Crippen MR) is 55.4 cm³/mol. The van der Waals surface area contributed by atoms with E-state index >= 15 is 0 Å². The normalized spacial score (nSPS) is 40.5. The van der Waals surface area contributed by atoms with Crippen LogP contribution in [-0.2, 0) is 0 Å². The molecule has 0 aromatic carbocycles. The van der Waals surface area contributed by atoms with Crippen LogP contribution in [0.2, 0.25) is 0 Å². The quantitative estimate of drug-likeness (QED) is 0.622. The summed E-state index contributed by atoms with van der Waals surface area (Å²) >= 11 is 2.16. The molecular formula is C10H19NS. The van der Waals surface area contributed by atoms with E-state index in [1.807, 2.05) is 0 Å². The maximum Gasteiger partial charge on any atom is 0.0651 e. The maximum atomic E-state index is 3.69. The van der Waals surface area contributed by atoms with Crippen LogP contribution in [-0.4, -0.2) is 17.2 Å². The highest BCUT2D eigenvalue weighted by molar-refractivity contribution is 8.00. The summed E-state index contributed by atoms with van der Waals surface area (Å²) in [5.41, 5.74) is 0.572. The van der Waals surface area contributed by atoms with E-state index in [9.17, 15) is 0 Å². The van der Waals surface area contributed by atoms with Crippen molar-refractivity contribution in [2.75, 3.05) is 12.3 Å². The Balaban J connectivity index is 2.07. The summed E-state index contributed by atoms with van der Waals surface area (Å²) in [6.07, 6.45) is 5.58. The van der Waals surface area contributed by atoms with Crippen LogP contribution < -0.4 is 5.32 Å². The summed E-state index contributed by atoms with van der Waals surface area (Å²) in [4.78, 5) is 0.474. The molecule has 0 aromatic rings. The maximum absolute atomic E-state index is 3.69. The predicted octanol–water partition coefficient (Wildman–Crippen LogP) is 2.62. The van der Waals surface area contributed by atoms with E-state index in [4.69, 9.17) is 0 Å². The van der Waals surface area contributed by atoms with Gasteiger partial charge >= 0.3 is 0 Å². The molecule has 1 saturated heterocycles. The number of thioether (sulfide) groups is 1. The van der Waals surface area contributed by atoms with Crippen molar-refractivity contribution in [3.8, 4) is 0 Å². The van der Waals surface area contributed by atoms with Gasteiger partial charge in [0.25, 0.3) is 0 Å². The molecule has 2 heteroatoms. The fourth-order valence-corrected chi connectivity index (χ4v) is 4.23. The van der Waals surface area contributed by atoms with E-state index in [0.717, 1.165) is 0 Å². The number of nitrogens with one attached hydrogen (secondary N) is 1. The molecule has 1 saturated carbocycles. The molecule has 70 valence electrons. The molecule has 2 aliphatic rings. The minimum Gasteiger partial charge on any atom is -0.302 e. The van der Waals surface area contributed by atoms with Crippen LogP contribution in [0.25, 0.3) is 0 Å². The average Bonchev–Trinajstić information content (AvgIpc) is 2.34. The minimum absolute atomic E-state index is 0.474. The van der Waals surface area contributed by atoms with Gasteiger partial charge in [-0.05, 0) is 24.7 Å². The van der Waals surface area contributed by atoms with Gasteiger partial charge in [-0.1, -0.05) is 20.3 Å². The standard InChI is InChI=1S/C10H19NS/c1-9(2)4-3-5-10(8-9)11-6-7-12-10/h11H,3-8H2,1-2H3. The second-order valence-corrected chi connectivity index (χ2v) is 6.44. The Morgan fingerprint density at radius 1 is 1.25 bits per heavy atom. The molecule has 2 fully saturated rings. The van der Waals surface area contributed by atoms with Crippen LogP contribution in [0, 0.1) is 5.41 Å². The van der Waals surface area contributed by atoms with Gasteiger partial charge in [0, 0.05) is 12.3 Å². The summed E-state index contributed by atoms with van der Waals surface area (Å²) in [6.45, 7) is 6.05. The molecule has 1 unspecified atom stereocenters. The second kappa shape index (κ2) is 2.91. The topological polar surface area (TPSA) is 12.0 Å². The van der Waals surface area contributed by atoms with Crippen molar-refractivity contribution in [1.82, 2.24) is 5.32 Å². The fraction of sp³-hybridized carbons (Fsp3) is 1.00. The van der Waals surface area contributed by atoms with Gasteiger partial charge in [0.2, 0.25) is 0 Å². The van der Waals surface area contributed by atoms with E-state index < -0.39 is 0 Å². The lowest BCUT2D eigenvalue weighted by molar-refractivity contribution is 0.186. The third-order valence-electron chi connectivity index (χ3n) is 3.13. The third-order valence-corrected chi connectivity index (χ3v) is 4.58. The van der Waals surface area contributed by atoms with Gasteiger partial charge in [0.1, 0.15) is 0 Å². The zero-order valence-corrected chi connectivity index (χ0v) is 8.97. The minimum atomic E-state index is 0.474. The second-order valence-electron chi connectivity index (χ2n) is 4.96. The number of hydrogen-bond donors (Lipinski definition) is 1. The van der Waals surface area contributed by atoms with Crippen molar-refractivity contribution in [3.63, 3.8) is 0 Å². The first-order valence-electron chi connectivity index (χ1n) is 5.01. The van der Waals surface area contributed by atoms with E-state index in [-0.39, 0.29) is 0 Å². The molecule has 0 radical (unpaired) electrons. The average molecular weight is 185 g/mol. The van der Waals surface area contributed by atoms with E-state index in [2.05, 4.69) is 30.9 Å². The highest BCUT2D eigenvalue weighted by Gasteiger charge is 2.42. The first-order valence-corrected chi connectivity index (χ1v) is 6.00. The Morgan fingerprint density at radius 2 is 2.08 bits per heavy atom. The summed E-state index contributed by atoms with van der Waals surface area (Å²) < 4.78 is 0. The Bertz CT molecular complexity index is 171. The van der Waals surface area contributed by atoms with Crippen molar-refractivity contribution >= 4 is 11.8 Å². The summed E-state index contributed by atoms with van der Waals surface area (Å²) in [5, 5.41) is 3.69. The molecule has 0 aromatic heterocycles. The first-order chi connectivity index (χ1) is 5.62. The van der Waals surface area contributed by atoms with Crippen molar-refractivity contribution in [3.05, 3.63) is 0 Å². The molecule has 1 N–H and O–H groups in total. The molecular weight excluding hydrogens is 166 g/mol. The Morgan fingerprint density at radius 3 is 2.67 bits per heavy atom. The Hall–Kier alpha value is 0.310. The van der Waals surface area contributed by atoms with Crippen molar-refractivity contribution in [2.45, 2.75) is 44.4 Å². The largest absolute Gasteiger partial charge is 0.302 e. The summed E-state index contributed by atoms with van der Waals surface area (Å²) in [5.74, 6) is 1.32. The molecule has 2 rings (SSSR count). The van der Waals surface area contributed by atoms with Crippen molar-refractivity contribution in [2.24, 2.45) is 5.41 Å². The lowest BCUT2D eigenvalue weighted by Gasteiger charge is -2.42. The molecule has 1 aliphatic carbocycles. The first kappa shape index (κ1) is 8.89. The molecule has 1 aliphatic heterocycles. The van der Waals surface area contributed by atoms with Crippen molar-refractivity contribution < 1.29 is 0 Å². The third kappa shape index (κ3) is 1.64. The smallest absolute Gasteiger partial charge is 0.0651 e. The monoisotopic (exact) mass is 185 g/mol. The highest BCUT2D eigenvalue weighted by Crippen LogP contribution is 2.47. The van der Waals surface area contributed by atoms with E-state index in [1.54, 1.807) is 0 Å². The van der Waals surface area contributed by atoms with E-state index in [0.29, 0.717) is 10.3 Å². The SMILES string of the molecule is CC1(C)CCCC2(C1)NCCS2. The van der Waals surface area contributed by atoms with Gasteiger partial charge in [-0.25, -0.2) is 0 Å². The lowest BCUT2D eigenvalue weighted by Crippen LogP contribution is -2.44. The van der Waals surface area contributed by atoms with Crippen LogP contribution in [0.15, 0.2) is 0 Å². The van der Waals surface area contributed by atoms with Crippen LogP contribution in [0.5, 0.6) is 0 Å².